The van der Waals surface area contributed by atoms with Crippen molar-refractivity contribution in [2.24, 2.45) is 5.92 Å². The molecule has 0 saturated heterocycles. The summed E-state index contributed by atoms with van der Waals surface area (Å²) >= 11 is 6.45. The Hall–Kier alpha value is -2.38. The van der Waals surface area contributed by atoms with Crippen LogP contribution in [0.1, 0.15) is 88.0 Å². The van der Waals surface area contributed by atoms with E-state index >= 15 is 0 Å². The maximum Gasteiger partial charge on any atom is 0.272 e. The highest BCUT2D eigenvalue weighted by Gasteiger charge is 2.31. The van der Waals surface area contributed by atoms with E-state index in [4.69, 9.17) is 16.7 Å². The van der Waals surface area contributed by atoms with Crippen molar-refractivity contribution in [1.82, 2.24) is 19.6 Å². The molecule has 1 aromatic carbocycles. The van der Waals surface area contributed by atoms with Crippen molar-refractivity contribution in [3.05, 3.63) is 46.2 Å². The molecule has 37 heavy (non-hydrogen) atoms. The average molecular weight is 528 g/mol. The second-order valence-corrected chi connectivity index (χ2v) is 11.6. The highest BCUT2D eigenvalue weighted by atomic mass is 35.5. The number of nitrogens with zero attached hydrogens (tertiary/aromatic N) is 5. The number of carbonyl (C=O) groups is 2. The Bertz CT molecular complexity index is 1110. The Balaban J connectivity index is 1.73. The van der Waals surface area contributed by atoms with E-state index in [0.717, 1.165) is 49.3 Å². The number of carbonyl (C=O) groups excluding carboxylic acids is 2. The first-order valence-corrected chi connectivity index (χ1v) is 14.3. The van der Waals surface area contributed by atoms with Crippen LogP contribution in [0.4, 0.5) is 5.69 Å². The lowest BCUT2D eigenvalue weighted by Crippen LogP contribution is -2.42. The first-order chi connectivity index (χ1) is 17.7. The normalized spacial score (nSPS) is 17.7. The van der Waals surface area contributed by atoms with E-state index in [9.17, 15) is 9.59 Å². The number of hydrogen-bond acceptors (Lipinski definition) is 4. The zero-order valence-corrected chi connectivity index (χ0v) is 23.8. The number of anilines is 1. The van der Waals surface area contributed by atoms with Crippen LogP contribution in [0.25, 0.3) is 0 Å². The van der Waals surface area contributed by atoms with Crippen LogP contribution in [0.3, 0.4) is 0 Å². The van der Waals surface area contributed by atoms with E-state index in [-0.39, 0.29) is 17.7 Å². The van der Waals surface area contributed by atoms with Gasteiger partial charge in [0, 0.05) is 62.7 Å². The van der Waals surface area contributed by atoms with Gasteiger partial charge < -0.3 is 9.80 Å². The summed E-state index contributed by atoms with van der Waals surface area (Å²) in [6, 6.07) is 8.05. The topological polar surface area (TPSA) is 61.7 Å². The molecule has 0 bridgehead atoms. The van der Waals surface area contributed by atoms with E-state index in [2.05, 4.69) is 32.6 Å². The van der Waals surface area contributed by atoms with E-state index in [1.807, 2.05) is 45.7 Å². The molecule has 0 unspecified atom stereocenters. The minimum Gasteiger partial charge on any atom is -0.332 e. The number of hydrogen-bond donors (Lipinski definition) is 0. The van der Waals surface area contributed by atoms with Gasteiger partial charge in [0.25, 0.3) is 5.91 Å². The van der Waals surface area contributed by atoms with E-state index in [1.165, 1.54) is 0 Å². The standard InChI is InChI=1S/C29H42ClN5O2/c1-6-35-27(18-25(31-35)22-8-9-22)29(37)33-15-14-32(21(4)5)12-7-13-34(28(36)16-20(2)3)26-17-24(30)11-10-23(26)19-33/h10-11,17-18,20-22H,6-9,12-16,19H2,1-5H3. The molecule has 1 fully saturated rings. The third-order valence-corrected chi connectivity index (χ3v) is 7.63. The monoisotopic (exact) mass is 527 g/mol. The van der Waals surface area contributed by atoms with Gasteiger partial charge in [0.1, 0.15) is 5.69 Å². The molecule has 8 heteroatoms. The molecule has 0 radical (unpaired) electrons. The smallest absolute Gasteiger partial charge is 0.272 e. The number of aryl methyl sites for hydroxylation is 1. The predicted octanol–water partition coefficient (Wildman–Crippen LogP) is 5.57. The second-order valence-electron chi connectivity index (χ2n) is 11.2. The summed E-state index contributed by atoms with van der Waals surface area (Å²) in [5, 5.41) is 5.34. The van der Waals surface area contributed by atoms with Gasteiger partial charge >= 0.3 is 0 Å². The van der Waals surface area contributed by atoms with Gasteiger partial charge in [-0.05, 0) is 69.7 Å². The quantitative estimate of drug-likeness (QED) is 0.492. The molecule has 0 N–H and O–H groups in total. The maximum absolute atomic E-state index is 14.0. The molecule has 1 aliphatic carbocycles. The molecule has 1 saturated carbocycles. The van der Waals surface area contributed by atoms with E-state index in [0.29, 0.717) is 55.3 Å². The van der Waals surface area contributed by atoms with Crippen LogP contribution in [-0.2, 0) is 17.9 Å². The Labute approximate surface area is 226 Å². The first-order valence-electron chi connectivity index (χ1n) is 13.9. The van der Waals surface area contributed by atoms with Gasteiger partial charge in [-0.1, -0.05) is 31.5 Å². The average Bonchev–Trinajstić information content (AvgIpc) is 3.61. The fraction of sp³-hybridized carbons (Fsp3) is 0.621. The van der Waals surface area contributed by atoms with Gasteiger partial charge in [-0.15, -0.1) is 0 Å². The summed E-state index contributed by atoms with van der Waals surface area (Å²) in [6.07, 6.45) is 3.63. The number of fused-ring (bicyclic) bond motifs is 1. The molecule has 0 spiro atoms. The first kappa shape index (κ1) is 27.6. The summed E-state index contributed by atoms with van der Waals surface area (Å²) < 4.78 is 1.85. The summed E-state index contributed by atoms with van der Waals surface area (Å²) in [4.78, 5) is 33.7. The molecule has 2 aliphatic rings. The lowest BCUT2D eigenvalue weighted by Gasteiger charge is -2.30. The van der Waals surface area contributed by atoms with Crippen LogP contribution in [0.15, 0.2) is 24.3 Å². The van der Waals surface area contributed by atoms with Gasteiger partial charge in [-0.25, -0.2) is 0 Å². The highest BCUT2D eigenvalue weighted by molar-refractivity contribution is 6.31. The molecular formula is C29H42ClN5O2. The van der Waals surface area contributed by atoms with Crippen molar-refractivity contribution in [2.45, 2.75) is 85.4 Å². The molecule has 1 aliphatic heterocycles. The zero-order chi connectivity index (χ0) is 26.7. The molecule has 4 rings (SSSR count). The van der Waals surface area contributed by atoms with E-state index in [1.54, 1.807) is 0 Å². The second kappa shape index (κ2) is 12.0. The van der Waals surface area contributed by atoms with Crippen LogP contribution >= 0.6 is 11.6 Å². The van der Waals surface area contributed by atoms with Crippen molar-refractivity contribution in [3.63, 3.8) is 0 Å². The fourth-order valence-corrected chi connectivity index (χ4v) is 5.29. The summed E-state index contributed by atoms with van der Waals surface area (Å²) in [5.74, 6) is 0.838. The minimum absolute atomic E-state index is 0.00911. The van der Waals surface area contributed by atoms with Gasteiger partial charge in [0.2, 0.25) is 5.91 Å². The summed E-state index contributed by atoms with van der Waals surface area (Å²) in [7, 11) is 0. The maximum atomic E-state index is 14.0. The molecule has 2 amide bonds. The van der Waals surface area contributed by atoms with Crippen LogP contribution in [0.2, 0.25) is 5.02 Å². The van der Waals surface area contributed by atoms with Gasteiger partial charge in [0.15, 0.2) is 0 Å². The Morgan fingerprint density at radius 3 is 2.46 bits per heavy atom. The number of halogens is 1. The van der Waals surface area contributed by atoms with Gasteiger partial charge in [-0.2, -0.15) is 5.10 Å². The number of benzene rings is 1. The number of amides is 2. The molecular weight excluding hydrogens is 486 g/mol. The lowest BCUT2D eigenvalue weighted by molar-refractivity contribution is -0.119. The summed E-state index contributed by atoms with van der Waals surface area (Å²) in [5.41, 5.74) is 3.44. The molecule has 2 aromatic rings. The SMILES string of the molecule is CCn1nc(C2CC2)cc1C(=O)N1CCN(C(C)C)CCCN(C(=O)CC(C)C)c2cc(Cl)ccc2C1. The summed E-state index contributed by atoms with van der Waals surface area (Å²) in [6.45, 7) is 14.5. The van der Waals surface area contributed by atoms with Crippen LogP contribution in [0.5, 0.6) is 0 Å². The predicted molar refractivity (Wildman–Crippen MR) is 149 cm³/mol. The van der Waals surface area contributed by atoms with Crippen LogP contribution < -0.4 is 4.90 Å². The van der Waals surface area contributed by atoms with Crippen molar-refractivity contribution < 1.29 is 9.59 Å². The molecule has 202 valence electrons. The van der Waals surface area contributed by atoms with Crippen molar-refractivity contribution in [1.29, 1.82) is 0 Å². The number of aromatic nitrogens is 2. The highest BCUT2D eigenvalue weighted by Crippen LogP contribution is 2.39. The number of rotatable bonds is 6. The van der Waals surface area contributed by atoms with Crippen molar-refractivity contribution >= 4 is 29.1 Å². The van der Waals surface area contributed by atoms with Crippen molar-refractivity contribution in [3.8, 4) is 0 Å². The Morgan fingerprint density at radius 2 is 1.81 bits per heavy atom. The minimum atomic E-state index is -0.00911. The van der Waals surface area contributed by atoms with Crippen LogP contribution in [-0.4, -0.2) is 63.6 Å². The lowest BCUT2D eigenvalue weighted by atomic mass is 10.1. The Kier molecular flexibility index (Phi) is 8.96. The third-order valence-electron chi connectivity index (χ3n) is 7.40. The van der Waals surface area contributed by atoms with Gasteiger partial charge in [0.05, 0.1) is 11.4 Å². The van der Waals surface area contributed by atoms with Crippen LogP contribution in [0, 0.1) is 5.92 Å². The van der Waals surface area contributed by atoms with Crippen molar-refractivity contribution in [2.75, 3.05) is 31.1 Å². The Morgan fingerprint density at radius 1 is 1.05 bits per heavy atom. The van der Waals surface area contributed by atoms with E-state index < -0.39 is 0 Å². The third kappa shape index (κ3) is 6.74. The zero-order valence-electron chi connectivity index (χ0n) is 23.0. The van der Waals surface area contributed by atoms with Gasteiger partial charge in [-0.3, -0.25) is 19.2 Å². The molecule has 2 heterocycles. The molecule has 7 nitrogen and oxygen atoms in total. The fourth-order valence-electron chi connectivity index (χ4n) is 5.12. The molecule has 1 aromatic heterocycles. The molecule has 0 atom stereocenters. The largest absolute Gasteiger partial charge is 0.332 e.